The number of ether oxygens (including phenoxy) is 1. The first-order valence-corrected chi connectivity index (χ1v) is 6.57. The molecule has 1 aromatic rings. The molecule has 0 aliphatic rings. The molecule has 0 amide bonds. The Balaban J connectivity index is 2.92. The average molecular weight is 287 g/mol. The molecule has 1 aromatic carbocycles. The van der Waals surface area contributed by atoms with Crippen molar-refractivity contribution < 1.29 is 23.4 Å². The summed E-state index contributed by atoms with van der Waals surface area (Å²) in [6.45, 7) is 4.67. The standard InChI is InChI=1S/C14H19F2NO3/c1-3-5-12(14(18)19)20-13-10(15)6-9(7-11(13)16)8-17-4-2/h6-7,12,17H,3-5,8H2,1-2H3,(H,18,19). The molecule has 0 spiro atoms. The van der Waals surface area contributed by atoms with Crippen LogP contribution in [0.1, 0.15) is 32.3 Å². The van der Waals surface area contributed by atoms with E-state index in [0.717, 1.165) is 12.1 Å². The fraction of sp³-hybridized carbons (Fsp3) is 0.500. The maximum Gasteiger partial charge on any atom is 0.344 e. The third kappa shape index (κ3) is 4.45. The number of nitrogens with one attached hydrogen (secondary N) is 1. The predicted molar refractivity (Wildman–Crippen MR) is 70.7 cm³/mol. The lowest BCUT2D eigenvalue weighted by Crippen LogP contribution is -2.27. The van der Waals surface area contributed by atoms with Gasteiger partial charge in [0.2, 0.25) is 0 Å². The van der Waals surface area contributed by atoms with Crippen molar-refractivity contribution >= 4 is 5.97 Å². The van der Waals surface area contributed by atoms with Crippen LogP contribution >= 0.6 is 0 Å². The molecule has 0 heterocycles. The maximum atomic E-state index is 13.8. The maximum absolute atomic E-state index is 13.8. The Hall–Kier alpha value is -1.69. The fourth-order valence-corrected chi connectivity index (χ4v) is 1.73. The zero-order valence-corrected chi connectivity index (χ0v) is 11.6. The molecule has 0 radical (unpaired) electrons. The van der Waals surface area contributed by atoms with Gasteiger partial charge < -0.3 is 15.2 Å². The number of aliphatic carboxylic acids is 1. The first-order chi connectivity index (χ1) is 9.49. The summed E-state index contributed by atoms with van der Waals surface area (Å²) in [6, 6.07) is 2.29. The van der Waals surface area contributed by atoms with Crippen LogP contribution in [-0.2, 0) is 11.3 Å². The summed E-state index contributed by atoms with van der Waals surface area (Å²) >= 11 is 0. The molecule has 0 bridgehead atoms. The smallest absolute Gasteiger partial charge is 0.344 e. The molecule has 1 unspecified atom stereocenters. The molecule has 0 aliphatic carbocycles. The number of rotatable bonds is 8. The highest BCUT2D eigenvalue weighted by atomic mass is 19.1. The summed E-state index contributed by atoms with van der Waals surface area (Å²) in [5, 5.41) is 11.9. The first kappa shape index (κ1) is 16.4. The minimum absolute atomic E-state index is 0.188. The topological polar surface area (TPSA) is 58.6 Å². The van der Waals surface area contributed by atoms with Crippen LogP contribution in [0.15, 0.2) is 12.1 Å². The van der Waals surface area contributed by atoms with Crippen LogP contribution in [0.4, 0.5) is 8.78 Å². The van der Waals surface area contributed by atoms with Crippen molar-refractivity contribution in [1.82, 2.24) is 5.32 Å². The van der Waals surface area contributed by atoms with Crippen molar-refractivity contribution in [2.45, 2.75) is 39.3 Å². The highest BCUT2D eigenvalue weighted by Gasteiger charge is 2.22. The van der Waals surface area contributed by atoms with E-state index in [4.69, 9.17) is 9.84 Å². The van der Waals surface area contributed by atoms with Gasteiger partial charge in [0, 0.05) is 6.54 Å². The van der Waals surface area contributed by atoms with Crippen LogP contribution in [-0.4, -0.2) is 23.7 Å². The van der Waals surface area contributed by atoms with E-state index in [1.54, 1.807) is 6.92 Å². The Morgan fingerprint density at radius 2 is 1.95 bits per heavy atom. The molecular formula is C14H19F2NO3. The van der Waals surface area contributed by atoms with Crippen LogP contribution in [0.2, 0.25) is 0 Å². The molecule has 0 fully saturated rings. The molecule has 4 nitrogen and oxygen atoms in total. The molecule has 6 heteroatoms. The Morgan fingerprint density at radius 1 is 1.35 bits per heavy atom. The van der Waals surface area contributed by atoms with Crippen LogP contribution in [0.5, 0.6) is 5.75 Å². The van der Waals surface area contributed by atoms with E-state index >= 15 is 0 Å². The van der Waals surface area contributed by atoms with Gasteiger partial charge >= 0.3 is 5.97 Å². The van der Waals surface area contributed by atoms with E-state index in [2.05, 4.69) is 5.32 Å². The number of hydrogen-bond acceptors (Lipinski definition) is 3. The van der Waals surface area contributed by atoms with Crippen molar-refractivity contribution in [2.75, 3.05) is 6.54 Å². The lowest BCUT2D eigenvalue weighted by molar-refractivity contribution is -0.145. The molecule has 1 rings (SSSR count). The Kier molecular flexibility index (Phi) is 6.38. The van der Waals surface area contributed by atoms with Crippen molar-refractivity contribution in [3.8, 4) is 5.75 Å². The molecule has 1 atom stereocenters. The number of hydrogen-bond donors (Lipinski definition) is 2. The molecule has 2 N–H and O–H groups in total. The lowest BCUT2D eigenvalue weighted by atomic mass is 10.1. The number of carbonyl (C=O) groups is 1. The van der Waals surface area contributed by atoms with Gasteiger partial charge in [-0.2, -0.15) is 0 Å². The summed E-state index contributed by atoms with van der Waals surface area (Å²) in [5.41, 5.74) is 0.441. The second-order valence-electron chi connectivity index (χ2n) is 4.40. The number of benzene rings is 1. The highest BCUT2D eigenvalue weighted by Crippen LogP contribution is 2.25. The SMILES string of the molecule is CCCC(Oc1c(F)cc(CNCC)cc1F)C(=O)O. The molecule has 0 saturated carbocycles. The van der Waals surface area contributed by atoms with E-state index in [-0.39, 0.29) is 6.42 Å². The number of halogens is 2. The second kappa shape index (κ2) is 7.79. The predicted octanol–water partition coefficient (Wildman–Crippen LogP) is 2.71. The molecule has 0 aliphatic heterocycles. The van der Waals surface area contributed by atoms with Gasteiger partial charge in [0.25, 0.3) is 0 Å². The Morgan fingerprint density at radius 3 is 2.40 bits per heavy atom. The van der Waals surface area contributed by atoms with Crippen LogP contribution < -0.4 is 10.1 Å². The molecule has 0 aromatic heterocycles. The zero-order chi connectivity index (χ0) is 15.1. The van der Waals surface area contributed by atoms with Crippen molar-refractivity contribution in [1.29, 1.82) is 0 Å². The summed E-state index contributed by atoms with van der Waals surface area (Å²) < 4.78 is 32.6. The minimum Gasteiger partial charge on any atom is -0.479 e. The average Bonchev–Trinajstić information content (AvgIpc) is 2.38. The number of carboxylic acids is 1. The molecule has 20 heavy (non-hydrogen) atoms. The van der Waals surface area contributed by atoms with Gasteiger partial charge in [0.1, 0.15) is 0 Å². The second-order valence-corrected chi connectivity index (χ2v) is 4.40. The van der Waals surface area contributed by atoms with Gasteiger partial charge in [0.05, 0.1) is 0 Å². The van der Waals surface area contributed by atoms with E-state index in [1.165, 1.54) is 0 Å². The molecule has 0 saturated heterocycles. The third-order valence-corrected chi connectivity index (χ3v) is 2.72. The van der Waals surface area contributed by atoms with E-state index < -0.39 is 29.5 Å². The highest BCUT2D eigenvalue weighted by molar-refractivity contribution is 5.72. The van der Waals surface area contributed by atoms with Gasteiger partial charge in [0.15, 0.2) is 23.5 Å². The normalized spacial score (nSPS) is 12.2. The van der Waals surface area contributed by atoms with Crippen molar-refractivity contribution in [3.05, 3.63) is 29.3 Å². The van der Waals surface area contributed by atoms with E-state index in [0.29, 0.717) is 25.1 Å². The number of carboxylic acid groups (broad SMARTS) is 1. The summed E-state index contributed by atoms with van der Waals surface area (Å²) in [7, 11) is 0. The van der Waals surface area contributed by atoms with Crippen LogP contribution in [0.3, 0.4) is 0 Å². The summed E-state index contributed by atoms with van der Waals surface area (Å²) in [6.07, 6.45) is -0.518. The largest absolute Gasteiger partial charge is 0.479 e. The summed E-state index contributed by atoms with van der Waals surface area (Å²) in [4.78, 5) is 10.9. The quantitative estimate of drug-likeness (QED) is 0.772. The van der Waals surface area contributed by atoms with Gasteiger partial charge in [-0.05, 0) is 30.7 Å². The lowest BCUT2D eigenvalue weighted by Gasteiger charge is -2.16. The van der Waals surface area contributed by atoms with Gasteiger partial charge in [-0.1, -0.05) is 20.3 Å². The summed E-state index contributed by atoms with van der Waals surface area (Å²) in [5.74, 6) is -3.64. The van der Waals surface area contributed by atoms with E-state index in [9.17, 15) is 13.6 Å². The zero-order valence-electron chi connectivity index (χ0n) is 11.6. The van der Waals surface area contributed by atoms with Crippen molar-refractivity contribution in [3.63, 3.8) is 0 Å². The molecular weight excluding hydrogens is 268 g/mol. The van der Waals surface area contributed by atoms with Crippen molar-refractivity contribution in [2.24, 2.45) is 0 Å². The van der Waals surface area contributed by atoms with Crippen LogP contribution in [0.25, 0.3) is 0 Å². The monoisotopic (exact) mass is 287 g/mol. The minimum atomic E-state index is -1.25. The molecule has 112 valence electrons. The Bertz CT molecular complexity index is 443. The fourth-order valence-electron chi connectivity index (χ4n) is 1.73. The van der Waals surface area contributed by atoms with Gasteiger partial charge in [-0.15, -0.1) is 0 Å². The Labute approximate surface area is 116 Å². The van der Waals surface area contributed by atoms with Gasteiger partial charge in [-0.25, -0.2) is 13.6 Å². The first-order valence-electron chi connectivity index (χ1n) is 6.57. The van der Waals surface area contributed by atoms with Gasteiger partial charge in [-0.3, -0.25) is 0 Å². The van der Waals surface area contributed by atoms with E-state index in [1.807, 2.05) is 6.92 Å². The third-order valence-electron chi connectivity index (χ3n) is 2.72. The van der Waals surface area contributed by atoms with Crippen LogP contribution in [0, 0.1) is 11.6 Å².